The highest BCUT2D eigenvalue weighted by molar-refractivity contribution is 6.17. The molecule has 4 aromatic rings. The third-order valence-corrected chi connectivity index (χ3v) is 4.49. The second-order valence-corrected chi connectivity index (χ2v) is 6.02. The molecule has 1 amide bonds. The van der Waals surface area contributed by atoms with Crippen LogP contribution in [0.1, 0.15) is 15.9 Å². The van der Waals surface area contributed by atoms with Crippen molar-refractivity contribution in [2.45, 2.75) is 6.54 Å². The van der Waals surface area contributed by atoms with E-state index in [4.69, 9.17) is 5.73 Å². The van der Waals surface area contributed by atoms with Gasteiger partial charge in [-0.3, -0.25) is 4.79 Å². The summed E-state index contributed by atoms with van der Waals surface area (Å²) in [5, 5.41) is 0.563. The Hall–Kier alpha value is -3.35. The number of carbonyl (C=O) groups excluding carboxylic acids is 1. The van der Waals surface area contributed by atoms with Gasteiger partial charge in [0.2, 0.25) is 5.91 Å². The second kappa shape index (κ2) is 6.12. The van der Waals surface area contributed by atoms with Crippen molar-refractivity contribution in [3.63, 3.8) is 0 Å². The molecule has 1 aromatic heterocycles. The number of benzene rings is 3. The molecule has 0 fully saturated rings. The van der Waals surface area contributed by atoms with E-state index in [9.17, 15) is 22.4 Å². The standard InChI is InChI=1S/C20H11F4N2O/c21-13-7-8-14(22)18(24)12(13)9-26-16-6-2-4-11(20(25)27)17(16)10-3-1-5-15(23)19(10)26/h1-2,4-8H,9H2,(H2,25,27). The maximum atomic E-state index is 14.6. The maximum absolute atomic E-state index is 14.6. The highest BCUT2D eigenvalue weighted by Crippen LogP contribution is 2.34. The van der Waals surface area contributed by atoms with Crippen molar-refractivity contribution >= 4 is 27.7 Å². The Labute approximate surface area is 150 Å². The molecule has 4 rings (SSSR count). The minimum atomic E-state index is -1.35. The van der Waals surface area contributed by atoms with Gasteiger partial charge in [0.15, 0.2) is 11.6 Å². The minimum Gasteiger partial charge on any atom is -0.366 e. The molecule has 0 saturated carbocycles. The van der Waals surface area contributed by atoms with Gasteiger partial charge in [0, 0.05) is 21.9 Å². The Balaban J connectivity index is 2.10. The van der Waals surface area contributed by atoms with Crippen molar-refractivity contribution in [2.24, 2.45) is 5.73 Å². The van der Waals surface area contributed by atoms with Gasteiger partial charge in [-0.15, -0.1) is 0 Å². The molecule has 3 aromatic carbocycles. The lowest BCUT2D eigenvalue weighted by molar-refractivity contribution is 0.100. The van der Waals surface area contributed by atoms with Crippen molar-refractivity contribution in [3.8, 4) is 0 Å². The zero-order chi connectivity index (χ0) is 19.3. The van der Waals surface area contributed by atoms with Crippen LogP contribution in [0.5, 0.6) is 0 Å². The summed E-state index contributed by atoms with van der Waals surface area (Å²) in [6.07, 6.45) is 0. The fourth-order valence-corrected chi connectivity index (χ4v) is 3.31. The van der Waals surface area contributed by atoms with Gasteiger partial charge in [0.25, 0.3) is 0 Å². The van der Waals surface area contributed by atoms with E-state index in [0.717, 1.165) is 12.1 Å². The van der Waals surface area contributed by atoms with Crippen LogP contribution in [0, 0.1) is 29.3 Å². The monoisotopic (exact) mass is 371 g/mol. The summed E-state index contributed by atoms with van der Waals surface area (Å²) in [5.41, 5.74) is 5.30. The molecule has 27 heavy (non-hydrogen) atoms. The Morgan fingerprint density at radius 2 is 1.74 bits per heavy atom. The summed E-state index contributed by atoms with van der Waals surface area (Å²) in [6, 6.07) is 11.4. The topological polar surface area (TPSA) is 48.0 Å². The molecule has 0 saturated heterocycles. The Bertz CT molecular complexity index is 1230. The first-order chi connectivity index (χ1) is 12.9. The molecule has 0 bridgehead atoms. The summed E-state index contributed by atoms with van der Waals surface area (Å²) in [7, 11) is 0. The molecule has 135 valence electrons. The van der Waals surface area contributed by atoms with Gasteiger partial charge in [-0.25, -0.2) is 17.6 Å². The molecule has 0 aliphatic carbocycles. The quantitative estimate of drug-likeness (QED) is 0.424. The first-order valence-corrected chi connectivity index (χ1v) is 7.93. The number of nitrogens with two attached hydrogens (primary N) is 1. The average Bonchev–Trinajstić information content (AvgIpc) is 2.97. The number of nitrogens with zero attached hydrogens (tertiary/aromatic N) is 1. The molecule has 1 heterocycles. The zero-order valence-corrected chi connectivity index (χ0v) is 13.7. The number of halogens is 4. The number of aromatic nitrogens is 1. The SMILES string of the molecule is NC(=O)c1cccc2c1c1[c]ccc(F)c1n2Cc1c(F)ccc(F)c1F. The van der Waals surface area contributed by atoms with E-state index in [0.29, 0.717) is 17.0 Å². The minimum absolute atomic E-state index is 0.00994. The zero-order valence-electron chi connectivity index (χ0n) is 13.7. The van der Waals surface area contributed by atoms with E-state index < -0.39 is 41.3 Å². The highest BCUT2D eigenvalue weighted by atomic mass is 19.2. The predicted octanol–water partition coefficient (Wildman–Crippen LogP) is 4.30. The molecular formula is C20H11F4N2O. The van der Waals surface area contributed by atoms with E-state index in [-0.39, 0.29) is 16.5 Å². The van der Waals surface area contributed by atoms with Crippen LogP contribution in [0.4, 0.5) is 17.6 Å². The van der Waals surface area contributed by atoms with Crippen molar-refractivity contribution in [1.82, 2.24) is 4.57 Å². The fourth-order valence-electron chi connectivity index (χ4n) is 3.31. The van der Waals surface area contributed by atoms with Gasteiger partial charge in [0.05, 0.1) is 17.6 Å². The summed E-state index contributed by atoms with van der Waals surface area (Å²) < 4.78 is 57.7. The van der Waals surface area contributed by atoms with Crippen molar-refractivity contribution in [3.05, 3.63) is 82.9 Å². The van der Waals surface area contributed by atoms with E-state index in [1.54, 1.807) is 6.07 Å². The summed E-state index contributed by atoms with van der Waals surface area (Å²) in [6.45, 7) is -0.480. The largest absolute Gasteiger partial charge is 0.366 e. The number of fused-ring (bicyclic) bond motifs is 3. The lowest BCUT2D eigenvalue weighted by atomic mass is 10.1. The first-order valence-electron chi connectivity index (χ1n) is 7.93. The van der Waals surface area contributed by atoms with Crippen LogP contribution >= 0.6 is 0 Å². The molecular weight excluding hydrogens is 360 g/mol. The van der Waals surface area contributed by atoms with Gasteiger partial charge >= 0.3 is 0 Å². The Kier molecular flexibility index (Phi) is 3.87. The molecule has 0 aliphatic heterocycles. The smallest absolute Gasteiger partial charge is 0.249 e. The molecule has 1 radical (unpaired) electrons. The summed E-state index contributed by atoms with van der Waals surface area (Å²) >= 11 is 0. The average molecular weight is 371 g/mol. The van der Waals surface area contributed by atoms with Crippen molar-refractivity contribution < 1.29 is 22.4 Å². The number of hydrogen-bond acceptors (Lipinski definition) is 1. The van der Waals surface area contributed by atoms with E-state index in [1.165, 1.54) is 22.8 Å². The van der Waals surface area contributed by atoms with Crippen LogP contribution in [-0.2, 0) is 6.54 Å². The third-order valence-electron chi connectivity index (χ3n) is 4.49. The number of carbonyl (C=O) groups is 1. The Morgan fingerprint density at radius 3 is 2.48 bits per heavy atom. The molecule has 0 aliphatic rings. The van der Waals surface area contributed by atoms with E-state index in [2.05, 4.69) is 6.07 Å². The number of rotatable bonds is 3. The number of amides is 1. The normalized spacial score (nSPS) is 11.4. The van der Waals surface area contributed by atoms with Gasteiger partial charge < -0.3 is 10.3 Å². The molecule has 0 unspecified atom stereocenters. The van der Waals surface area contributed by atoms with Gasteiger partial charge in [0.1, 0.15) is 11.6 Å². The predicted molar refractivity (Wildman–Crippen MR) is 92.2 cm³/mol. The van der Waals surface area contributed by atoms with E-state index in [1.807, 2.05) is 0 Å². The number of primary amides is 1. The van der Waals surface area contributed by atoms with Crippen LogP contribution in [0.15, 0.2) is 42.5 Å². The van der Waals surface area contributed by atoms with Crippen LogP contribution in [0.3, 0.4) is 0 Å². The highest BCUT2D eigenvalue weighted by Gasteiger charge is 2.21. The molecule has 0 atom stereocenters. The maximum Gasteiger partial charge on any atom is 0.249 e. The molecule has 3 nitrogen and oxygen atoms in total. The van der Waals surface area contributed by atoms with Gasteiger partial charge in [-0.2, -0.15) is 0 Å². The first kappa shape index (κ1) is 17.1. The molecule has 0 spiro atoms. The van der Waals surface area contributed by atoms with E-state index >= 15 is 0 Å². The van der Waals surface area contributed by atoms with Crippen LogP contribution < -0.4 is 5.73 Å². The summed E-state index contributed by atoms with van der Waals surface area (Å²) in [4.78, 5) is 11.8. The number of hydrogen-bond donors (Lipinski definition) is 1. The molecule has 7 heteroatoms. The van der Waals surface area contributed by atoms with Crippen LogP contribution in [-0.4, -0.2) is 10.5 Å². The van der Waals surface area contributed by atoms with Crippen LogP contribution in [0.2, 0.25) is 0 Å². The lowest BCUT2D eigenvalue weighted by Crippen LogP contribution is -2.11. The second-order valence-electron chi connectivity index (χ2n) is 6.02. The molecule has 2 N–H and O–H groups in total. The Morgan fingerprint density at radius 1 is 1.00 bits per heavy atom. The van der Waals surface area contributed by atoms with Gasteiger partial charge in [-0.05, 0) is 36.4 Å². The summed E-state index contributed by atoms with van der Waals surface area (Å²) in [5.74, 6) is -4.93. The lowest BCUT2D eigenvalue weighted by Gasteiger charge is -2.11. The van der Waals surface area contributed by atoms with Gasteiger partial charge in [-0.1, -0.05) is 12.1 Å². The fraction of sp³-hybridized carbons (Fsp3) is 0.0500. The van der Waals surface area contributed by atoms with Crippen molar-refractivity contribution in [1.29, 1.82) is 0 Å². The van der Waals surface area contributed by atoms with Crippen molar-refractivity contribution in [2.75, 3.05) is 0 Å². The van der Waals surface area contributed by atoms with Crippen LogP contribution in [0.25, 0.3) is 21.8 Å². The third kappa shape index (κ3) is 2.54.